The topological polar surface area (TPSA) is 26.3 Å². The highest BCUT2D eigenvalue weighted by atomic mass is 16.6. The van der Waals surface area contributed by atoms with E-state index < -0.39 is 0 Å². The molecule has 0 aliphatic heterocycles. The van der Waals surface area contributed by atoms with Gasteiger partial charge in [0.25, 0.3) is 0 Å². The Bertz CT molecular complexity index is 178. The molecule has 2 rings (SSSR count). The minimum atomic E-state index is -0.104. The summed E-state index contributed by atoms with van der Waals surface area (Å²) in [6.07, 6.45) is 5.89. The number of hydrogen-bond donors (Lipinski definition) is 0. The molecule has 2 saturated carbocycles. The minimum absolute atomic E-state index is 0.0174. The van der Waals surface area contributed by atoms with Crippen LogP contribution in [0.3, 0.4) is 0 Å². The summed E-state index contributed by atoms with van der Waals surface area (Å²) in [6.45, 7) is 1.51. The molecule has 11 heavy (non-hydrogen) atoms. The lowest BCUT2D eigenvalue weighted by Crippen LogP contribution is -2.28. The summed E-state index contributed by atoms with van der Waals surface area (Å²) in [5, 5.41) is 0. The Labute approximate surface area is 66.9 Å². The molecule has 0 aromatic rings. The minimum Gasteiger partial charge on any atom is -0.459 e. The van der Waals surface area contributed by atoms with Crippen LogP contribution in [-0.2, 0) is 9.53 Å². The second-order valence-corrected chi connectivity index (χ2v) is 3.92. The number of esters is 1. The second-order valence-electron chi connectivity index (χ2n) is 3.92. The molecule has 2 aliphatic rings. The molecule has 0 amide bonds. The third kappa shape index (κ3) is 1.15. The Kier molecular flexibility index (Phi) is 1.44. The SMILES string of the molecule is CC(=O)OC12CCC(CC1)C2. The van der Waals surface area contributed by atoms with E-state index in [2.05, 4.69) is 0 Å². The van der Waals surface area contributed by atoms with Crippen molar-refractivity contribution < 1.29 is 9.53 Å². The zero-order valence-electron chi connectivity index (χ0n) is 6.93. The van der Waals surface area contributed by atoms with E-state index in [1.54, 1.807) is 0 Å². The van der Waals surface area contributed by atoms with Crippen molar-refractivity contribution in [3.8, 4) is 0 Å². The smallest absolute Gasteiger partial charge is 0.303 e. The number of carbonyl (C=O) groups excluding carboxylic acids is 1. The van der Waals surface area contributed by atoms with Crippen LogP contribution in [0.5, 0.6) is 0 Å². The molecule has 2 aliphatic carbocycles. The predicted molar refractivity (Wildman–Crippen MR) is 41.1 cm³/mol. The van der Waals surface area contributed by atoms with E-state index in [1.807, 2.05) is 0 Å². The van der Waals surface area contributed by atoms with Gasteiger partial charge < -0.3 is 4.74 Å². The van der Waals surface area contributed by atoms with Crippen LogP contribution >= 0.6 is 0 Å². The highest BCUT2D eigenvalue weighted by Gasteiger charge is 2.47. The van der Waals surface area contributed by atoms with Gasteiger partial charge in [0.1, 0.15) is 5.60 Å². The molecule has 2 fully saturated rings. The van der Waals surface area contributed by atoms with Gasteiger partial charge in [0.15, 0.2) is 0 Å². The first-order chi connectivity index (χ1) is 5.20. The zero-order valence-corrected chi connectivity index (χ0v) is 6.93. The lowest BCUT2D eigenvalue weighted by molar-refractivity contribution is -0.155. The normalized spacial score (nSPS) is 41.0. The first-order valence-corrected chi connectivity index (χ1v) is 4.40. The molecule has 0 atom stereocenters. The monoisotopic (exact) mass is 154 g/mol. The summed E-state index contributed by atoms with van der Waals surface area (Å²) in [7, 11) is 0. The average Bonchev–Trinajstić information content (AvgIpc) is 2.43. The van der Waals surface area contributed by atoms with Gasteiger partial charge in [-0.2, -0.15) is 0 Å². The second kappa shape index (κ2) is 2.23. The summed E-state index contributed by atoms with van der Waals surface area (Å²) < 4.78 is 5.35. The Hall–Kier alpha value is -0.530. The van der Waals surface area contributed by atoms with Crippen molar-refractivity contribution in [2.24, 2.45) is 5.92 Å². The average molecular weight is 154 g/mol. The van der Waals surface area contributed by atoms with Crippen molar-refractivity contribution in [2.75, 3.05) is 0 Å². The molecular weight excluding hydrogens is 140 g/mol. The van der Waals surface area contributed by atoms with Crippen LogP contribution in [0.4, 0.5) is 0 Å². The Morgan fingerprint density at radius 1 is 1.45 bits per heavy atom. The van der Waals surface area contributed by atoms with E-state index in [9.17, 15) is 4.79 Å². The Morgan fingerprint density at radius 3 is 2.45 bits per heavy atom. The molecule has 0 heterocycles. The van der Waals surface area contributed by atoms with Crippen LogP contribution < -0.4 is 0 Å². The fourth-order valence-corrected chi connectivity index (χ4v) is 2.59. The van der Waals surface area contributed by atoms with Gasteiger partial charge in [-0.25, -0.2) is 0 Å². The summed E-state index contributed by atoms with van der Waals surface area (Å²) in [4.78, 5) is 10.8. The van der Waals surface area contributed by atoms with E-state index in [0.29, 0.717) is 0 Å². The first kappa shape index (κ1) is 7.14. The highest BCUT2D eigenvalue weighted by Crippen LogP contribution is 2.49. The maximum absolute atomic E-state index is 10.8. The van der Waals surface area contributed by atoms with Gasteiger partial charge in [0, 0.05) is 6.92 Å². The Morgan fingerprint density at radius 2 is 2.09 bits per heavy atom. The largest absolute Gasteiger partial charge is 0.459 e. The van der Waals surface area contributed by atoms with Crippen molar-refractivity contribution in [3.05, 3.63) is 0 Å². The molecule has 0 aromatic carbocycles. The fraction of sp³-hybridized carbons (Fsp3) is 0.889. The van der Waals surface area contributed by atoms with Crippen molar-refractivity contribution in [2.45, 2.75) is 44.6 Å². The molecule has 0 N–H and O–H groups in total. The van der Waals surface area contributed by atoms with Crippen LogP contribution in [0.2, 0.25) is 0 Å². The van der Waals surface area contributed by atoms with Gasteiger partial charge in [0.05, 0.1) is 0 Å². The molecular formula is C9H14O2. The van der Waals surface area contributed by atoms with E-state index in [0.717, 1.165) is 25.2 Å². The molecule has 0 saturated heterocycles. The maximum atomic E-state index is 10.8. The Balaban J connectivity index is 2.05. The molecule has 62 valence electrons. The molecule has 2 heteroatoms. The number of ether oxygens (including phenoxy) is 1. The third-order valence-electron chi connectivity index (χ3n) is 3.04. The first-order valence-electron chi connectivity index (χ1n) is 4.40. The summed E-state index contributed by atoms with van der Waals surface area (Å²) >= 11 is 0. The molecule has 0 spiro atoms. The maximum Gasteiger partial charge on any atom is 0.303 e. The quantitative estimate of drug-likeness (QED) is 0.539. The predicted octanol–water partition coefficient (Wildman–Crippen LogP) is 1.88. The van der Waals surface area contributed by atoms with Crippen molar-refractivity contribution in [3.63, 3.8) is 0 Å². The van der Waals surface area contributed by atoms with Crippen LogP contribution in [0, 0.1) is 5.92 Å². The fourth-order valence-electron chi connectivity index (χ4n) is 2.59. The van der Waals surface area contributed by atoms with Crippen LogP contribution in [0.15, 0.2) is 0 Å². The van der Waals surface area contributed by atoms with Crippen LogP contribution in [0.1, 0.15) is 39.0 Å². The van der Waals surface area contributed by atoms with E-state index >= 15 is 0 Å². The van der Waals surface area contributed by atoms with Gasteiger partial charge in [-0.05, 0) is 38.0 Å². The van der Waals surface area contributed by atoms with Gasteiger partial charge in [-0.3, -0.25) is 4.79 Å². The number of rotatable bonds is 1. The van der Waals surface area contributed by atoms with Gasteiger partial charge >= 0.3 is 5.97 Å². The summed E-state index contributed by atoms with van der Waals surface area (Å²) in [6, 6.07) is 0. The molecule has 0 unspecified atom stereocenters. The standard InChI is InChI=1S/C9H14O2/c1-7(10)11-9-4-2-8(6-9)3-5-9/h8H,2-6H2,1H3. The lowest BCUT2D eigenvalue weighted by Gasteiger charge is -2.25. The van der Waals surface area contributed by atoms with Crippen LogP contribution in [0.25, 0.3) is 0 Å². The summed E-state index contributed by atoms with van der Waals surface area (Å²) in [5.41, 5.74) is -0.0174. The molecule has 2 bridgehead atoms. The van der Waals surface area contributed by atoms with Gasteiger partial charge in [-0.1, -0.05) is 0 Å². The number of carbonyl (C=O) groups is 1. The zero-order chi connectivity index (χ0) is 7.90. The number of fused-ring (bicyclic) bond motifs is 2. The summed E-state index contributed by atoms with van der Waals surface area (Å²) in [5.74, 6) is 0.752. The van der Waals surface area contributed by atoms with Gasteiger partial charge in [-0.15, -0.1) is 0 Å². The molecule has 0 radical (unpaired) electrons. The molecule has 0 aromatic heterocycles. The van der Waals surface area contributed by atoms with Crippen molar-refractivity contribution >= 4 is 5.97 Å². The van der Waals surface area contributed by atoms with E-state index in [1.165, 1.54) is 19.8 Å². The number of hydrogen-bond acceptors (Lipinski definition) is 2. The van der Waals surface area contributed by atoms with Crippen LogP contribution in [-0.4, -0.2) is 11.6 Å². The highest BCUT2D eigenvalue weighted by molar-refractivity contribution is 5.66. The van der Waals surface area contributed by atoms with Crippen molar-refractivity contribution in [1.82, 2.24) is 0 Å². The van der Waals surface area contributed by atoms with E-state index in [-0.39, 0.29) is 11.6 Å². The van der Waals surface area contributed by atoms with E-state index in [4.69, 9.17) is 4.74 Å². The van der Waals surface area contributed by atoms with Gasteiger partial charge in [0.2, 0.25) is 0 Å². The lowest BCUT2D eigenvalue weighted by atomic mass is 9.97. The third-order valence-corrected chi connectivity index (χ3v) is 3.04. The molecule has 2 nitrogen and oxygen atoms in total. The van der Waals surface area contributed by atoms with Crippen molar-refractivity contribution in [1.29, 1.82) is 0 Å².